The molecular weight excluding hydrogens is 374 g/mol. The van der Waals surface area contributed by atoms with Crippen LogP contribution in [0.1, 0.15) is 34.9 Å². The zero-order chi connectivity index (χ0) is 20.4. The van der Waals surface area contributed by atoms with Gasteiger partial charge in [0.1, 0.15) is 11.6 Å². The molecule has 1 fully saturated rings. The number of H-pyrrole nitrogens is 1. The molecule has 2 unspecified atom stereocenters. The molecule has 6 rings (SSSR count). The van der Waals surface area contributed by atoms with Crippen molar-refractivity contribution >= 4 is 33.4 Å². The molecule has 0 saturated heterocycles. The van der Waals surface area contributed by atoms with Crippen molar-refractivity contribution in [2.24, 2.45) is 0 Å². The van der Waals surface area contributed by atoms with Gasteiger partial charge in [0, 0.05) is 48.3 Å². The molecule has 150 valence electrons. The minimum absolute atomic E-state index is 0.0178. The number of ketones is 2. The van der Waals surface area contributed by atoms with E-state index in [4.69, 9.17) is 0 Å². The second-order valence-electron chi connectivity index (χ2n) is 8.68. The second-order valence-corrected chi connectivity index (χ2v) is 8.68. The first kappa shape index (κ1) is 17.7. The van der Waals surface area contributed by atoms with Gasteiger partial charge in [-0.15, -0.1) is 0 Å². The van der Waals surface area contributed by atoms with Crippen molar-refractivity contribution in [2.45, 2.75) is 31.3 Å². The van der Waals surface area contributed by atoms with E-state index in [0.29, 0.717) is 0 Å². The van der Waals surface area contributed by atoms with E-state index in [1.54, 1.807) is 0 Å². The van der Waals surface area contributed by atoms with Crippen molar-refractivity contribution in [3.8, 4) is 0 Å². The Morgan fingerprint density at radius 3 is 2.53 bits per heavy atom. The fourth-order valence-electron chi connectivity index (χ4n) is 5.49. The Hall–Kier alpha value is -3.18. The molecule has 5 heteroatoms. The van der Waals surface area contributed by atoms with Crippen molar-refractivity contribution in [2.75, 3.05) is 13.6 Å². The predicted octanol–water partition coefficient (Wildman–Crippen LogP) is 3.98. The minimum atomic E-state index is -0.429. The lowest BCUT2D eigenvalue weighted by molar-refractivity contribution is -0.122. The van der Waals surface area contributed by atoms with Gasteiger partial charge in [-0.2, -0.15) is 0 Å². The van der Waals surface area contributed by atoms with E-state index < -0.39 is 11.8 Å². The van der Waals surface area contributed by atoms with E-state index in [0.717, 1.165) is 47.1 Å². The molecular formula is C25H23N3O2. The lowest BCUT2D eigenvalue weighted by Gasteiger charge is -2.18. The Morgan fingerprint density at radius 2 is 1.67 bits per heavy atom. The van der Waals surface area contributed by atoms with Crippen LogP contribution in [0.2, 0.25) is 0 Å². The van der Waals surface area contributed by atoms with Crippen LogP contribution in [0.25, 0.3) is 21.8 Å². The van der Waals surface area contributed by atoms with E-state index in [1.807, 2.05) is 30.5 Å². The van der Waals surface area contributed by atoms with Gasteiger partial charge in [0.05, 0.1) is 23.8 Å². The molecule has 0 radical (unpaired) electrons. The smallest absolute Gasteiger partial charge is 0.148 e. The summed E-state index contributed by atoms with van der Waals surface area (Å²) in [5.74, 6) is -0.789. The molecule has 2 atom stereocenters. The Bertz CT molecular complexity index is 1330. The third-order valence-corrected chi connectivity index (χ3v) is 6.84. The molecule has 2 aromatic heterocycles. The van der Waals surface area contributed by atoms with Crippen LogP contribution in [0.5, 0.6) is 0 Å². The van der Waals surface area contributed by atoms with Crippen LogP contribution in [-0.2, 0) is 22.7 Å². The Morgan fingerprint density at radius 1 is 0.900 bits per heavy atom. The highest BCUT2D eigenvalue weighted by molar-refractivity contribution is 6.15. The number of carbonyl (C=O) groups is 2. The highest BCUT2D eigenvalue weighted by Gasteiger charge is 2.45. The molecule has 2 aromatic carbocycles. The molecule has 1 aliphatic heterocycles. The summed E-state index contributed by atoms with van der Waals surface area (Å²) < 4.78 is 2.28. The molecule has 0 amide bonds. The number of likely N-dealkylation sites (N-methyl/N-ethyl adjacent to an activating group) is 1. The highest BCUT2D eigenvalue weighted by Crippen LogP contribution is 2.46. The maximum Gasteiger partial charge on any atom is 0.148 e. The number of benzene rings is 2. The Kier molecular flexibility index (Phi) is 3.77. The highest BCUT2D eigenvalue weighted by atomic mass is 16.2. The third kappa shape index (κ3) is 2.45. The van der Waals surface area contributed by atoms with Crippen molar-refractivity contribution in [1.29, 1.82) is 0 Å². The minimum Gasteiger partial charge on any atom is -0.361 e. The van der Waals surface area contributed by atoms with E-state index in [1.165, 1.54) is 11.1 Å². The van der Waals surface area contributed by atoms with Gasteiger partial charge in [-0.05, 0) is 29.8 Å². The fraction of sp³-hybridized carbons (Fsp3) is 0.280. The molecule has 0 bridgehead atoms. The van der Waals surface area contributed by atoms with E-state index in [9.17, 15) is 9.59 Å². The summed E-state index contributed by atoms with van der Waals surface area (Å²) >= 11 is 0. The van der Waals surface area contributed by atoms with Gasteiger partial charge in [-0.3, -0.25) is 9.59 Å². The van der Waals surface area contributed by atoms with E-state index in [2.05, 4.69) is 45.9 Å². The first-order chi connectivity index (χ1) is 14.6. The van der Waals surface area contributed by atoms with Crippen LogP contribution >= 0.6 is 0 Å². The summed E-state index contributed by atoms with van der Waals surface area (Å²) in [6.07, 6.45) is 4.07. The fourth-order valence-corrected chi connectivity index (χ4v) is 5.49. The Labute approximate surface area is 174 Å². The average molecular weight is 397 g/mol. The molecule has 5 nitrogen and oxygen atoms in total. The van der Waals surface area contributed by atoms with Crippen molar-refractivity contribution in [3.63, 3.8) is 0 Å². The number of carbonyl (C=O) groups excluding carboxylic acids is 2. The first-order valence-corrected chi connectivity index (χ1v) is 10.5. The van der Waals surface area contributed by atoms with Gasteiger partial charge in [0.25, 0.3) is 0 Å². The van der Waals surface area contributed by atoms with E-state index in [-0.39, 0.29) is 18.0 Å². The van der Waals surface area contributed by atoms with Crippen LogP contribution in [0.4, 0.5) is 0 Å². The lowest BCUT2D eigenvalue weighted by Crippen LogP contribution is -2.20. The van der Waals surface area contributed by atoms with Crippen LogP contribution in [-0.4, -0.2) is 39.6 Å². The largest absolute Gasteiger partial charge is 0.361 e. The number of para-hydroxylation sites is 2. The molecule has 1 saturated carbocycles. The summed E-state index contributed by atoms with van der Waals surface area (Å²) in [7, 11) is 2.14. The molecule has 4 aromatic rings. The second kappa shape index (κ2) is 6.41. The van der Waals surface area contributed by atoms with Crippen LogP contribution in [0.15, 0.2) is 54.9 Å². The molecule has 1 aliphatic carbocycles. The van der Waals surface area contributed by atoms with Crippen molar-refractivity contribution < 1.29 is 9.59 Å². The molecule has 0 spiro atoms. The molecule has 1 N–H and O–H groups in total. The number of nitrogens with one attached hydrogen (secondary N) is 1. The maximum absolute atomic E-state index is 13.1. The summed E-state index contributed by atoms with van der Waals surface area (Å²) in [4.78, 5) is 31.8. The maximum atomic E-state index is 13.1. The number of aromatic amines is 1. The number of nitrogens with zero attached hydrogens (tertiary/aromatic N) is 2. The number of rotatable bonds is 2. The third-order valence-electron chi connectivity index (χ3n) is 6.84. The summed E-state index contributed by atoms with van der Waals surface area (Å²) in [6, 6.07) is 14.4. The van der Waals surface area contributed by atoms with Crippen LogP contribution < -0.4 is 0 Å². The summed E-state index contributed by atoms with van der Waals surface area (Å²) in [5.41, 5.74) is 5.43. The van der Waals surface area contributed by atoms with E-state index >= 15 is 0 Å². The SMILES string of the molecule is CN1CCn2cc(C3C(=O)CC(=O)C3c3c[nH]c4ccccc34)c3cccc(c32)C1. The topological polar surface area (TPSA) is 58.1 Å². The van der Waals surface area contributed by atoms with Gasteiger partial charge >= 0.3 is 0 Å². The number of aromatic nitrogens is 2. The van der Waals surface area contributed by atoms with Gasteiger partial charge < -0.3 is 14.5 Å². The van der Waals surface area contributed by atoms with Gasteiger partial charge in [-0.1, -0.05) is 36.4 Å². The van der Waals surface area contributed by atoms with Gasteiger partial charge in [0.2, 0.25) is 0 Å². The number of hydrogen-bond acceptors (Lipinski definition) is 3. The van der Waals surface area contributed by atoms with Gasteiger partial charge in [-0.25, -0.2) is 0 Å². The first-order valence-electron chi connectivity index (χ1n) is 10.5. The number of hydrogen-bond donors (Lipinski definition) is 1. The summed E-state index contributed by atoms with van der Waals surface area (Å²) in [5, 5.41) is 2.14. The van der Waals surface area contributed by atoms with Crippen molar-refractivity contribution in [1.82, 2.24) is 14.5 Å². The van der Waals surface area contributed by atoms with Crippen LogP contribution in [0, 0.1) is 0 Å². The van der Waals surface area contributed by atoms with Gasteiger partial charge in [0.15, 0.2) is 0 Å². The van der Waals surface area contributed by atoms with Crippen molar-refractivity contribution in [3.05, 3.63) is 71.5 Å². The average Bonchev–Trinajstić information content (AvgIpc) is 3.36. The molecule has 2 aliphatic rings. The normalized spacial score (nSPS) is 22.3. The lowest BCUT2D eigenvalue weighted by atomic mass is 9.83. The monoisotopic (exact) mass is 397 g/mol. The zero-order valence-corrected chi connectivity index (χ0v) is 16.9. The predicted molar refractivity (Wildman–Crippen MR) is 117 cm³/mol. The standard InChI is InChI=1S/C25H23N3O2/c1-27-9-10-28-14-19(17-7-4-5-15(13-27)25(17)28)24-22(30)11-21(29)23(24)18-12-26-20-8-3-2-6-16(18)20/h2-8,12,14,23-24,26H,9-11,13H2,1H3. The Balaban J connectivity index is 1.56. The number of fused-ring (bicyclic) bond motifs is 1. The van der Waals surface area contributed by atoms with Crippen LogP contribution in [0.3, 0.4) is 0 Å². The number of Topliss-reactive ketones (excluding diaryl/α,β-unsaturated/α-hetero) is 2. The molecule has 30 heavy (non-hydrogen) atoms. The molecule has 3 heterocycles. The zero-order valence-electron chi connectivity index (χ0n) is 16.9. The summed E-state index contributed by atoms with van der Waals surface area (Å²) in [6.45, 7) is 2.74. The quantitative estimate of drug-likeness (QED) is 0.521.